The minimum absolute atomic E-state index is 0.0160. The Bertz CT molecular complexity index is 548. The largest absolute Gasteiger partial charge is 0.355 e. The summed E-state index contributed by atoms with van der Waals surface area (Å²) in [6.07, 6.45) is 2.79. The average Bonchev–Trinajstić information content (AvgIpc) is 3.22. The van der Waals surface area contributed by atoms with Gasteiger partial charge in [-0.2, -0.15) is 0 Å². The predicted octanol–water partition coefficient (Wildman–Crippen LogP) is 1.46. The summed E-state index contributed by atoms with van der Waals surface area (Å²) in [5, 5.41) is 5.63. The lowest BCUT2D eigenvalue weighted by Gasteiger charge is -2.02. The Morgan fingerprint density at radius 1 is 1.25 bits per heavy atom. The molecule has 2 N–H and O–H groups in total. The fourth-order valence-electron chi connectivity index (χ4n) is 1.67. The third-order valence-electron chi connectivity index (χ3n) is 2.92. The topological polar surface area (TPSA) is 58.2 Å². The van der Waals surface area contributed by atoms with E-state index in [0.29, 0.717) is 24.6 Å². The number of nitrogens with one attached hydrogen (secondary N) is 2. The van der Waals surface area contributed by atoms with Gasteiger partial charge in [-0.25, -0.2) is 0 Å². The van der Waals surface area contributed by atoms with Crippen LogP contribution in [0.3, 0.4) is 0 Å². The lowest BCUT2D eigenvalue weighted by Crippen LogP contribution is -2.25. The molecule has 2 rings (SSSR count). The summed E-state index contributed by atoms with van der Waals surface area (Å²) in [5.41, 5.74) is 1.54. The van der Waals surface area contributed by atoms with E-state index >= 15 is 0 Å². The van der Waals surface area contributed by atoms with E-state index < -0.39 is 0 Å². The molecular weight excluding hydrogens is 252 g/mol. The van der Waals surface area contributed by atoms with Gasteiger partial charge in [0, 0.05) is 37.1 Å². The fourth-order valence-corrected chi connectivity index (χ4v) is 1.67. The molecule has 4 heteroatoms. The molecule has 1 fully saturated rings. The molecule has 104 valence electrons. The van der Waals surface area contributed by atoms with Gasteiger partial charge in [-0.3, -0.25) is 9.59 Å². The van der Waals surface area contributed by atoms with Crippen molar-refractivity contribution in [2.45, 2.75) is 32.2 Å². The normalized spacial score (nSPS) is 13.1. The summed E-state index contributed by atoms with van der Waals surface area (Å²) < 4.78 is 0. The van der Waals surface area contributed by atoms with Gasteiger partial charge in [-0.1, -0.05) is 11.8 Å². The van der Waals surface area contributed by atoms with E-state index in [-0.39, 0.29) is 11.8 Å². The monoisotopic (exact) mass is 270 g/mol. The van der Waals surface area contributed by atoms with Crippen LogP contribution in [-0.4, -0.2) is 24.4 Å². The van der Waals surface area contributed by atoms with Crippen molar-refractivity contribution in [3.63, 3.8) is 0 Å². The second-order valence-corrected chi connectivity index (χ2v) is 4.86. The quantitative estimate of drug-likeness (QED) is 0.643. The molecule has 20 heavy (non-hydrogen) atoms. The van der Waals surface area contributed by atoms with Crippen LogP contribution in [0.4, 0.5) is 0 Å². The van der Waals surface area contributed by atoms with Gasteiger partial charge in [-0.15, -0.1) is 0 Å². The van der Waals surface area contributed by atoms with Gasteiger partial charge in [0.2, 0.25) is 5.91 Å². The number of benzene rings is 1. The van der Waals surface area contributed by atoms with Gasteiger partial charge in [0.25, 0.3) is 5.91 Å². The number of hydrogen-bond donors (Lipinski definition) is 2. The van der Waals surface area contributed by atoms with Crippen molar-refractivity contribution in [3.05, 3.63) is 35.4 Å². The molecule has 0 saturated heterocycles. The lowest BCUT2D eigenvalue weighted by molar-refractivity contribution is -0.118. The van der Waals surface area contributed by atoms with Crippen molar-refractivity contribution < 1.29 is 9.59 Å². The number of hydrogen-bond acceptors (Lipinski definition) is 2. The predicted molar refractivity (Wildman–Crippen MR) is 77.1 cm³/mol. The SMILES string of the molecule is CC(=O)NCCC#Cc1ccc(C(=O)NC2CC2)cc1. The highest BCUT2D eigenvalue weighted by Crippen LogP contribution is 2.19. The van der Waals surface area contributed by atoms with E-state index in [1.807, 2.05) is 12.1 Å². The second kappa shape index (κ2) is 6.76. The Hall–Kier alpha value is -2.28. The maximum absolute atomic E-state index is 11.8. The van der Waals surface area contributed by atoms with Crippen LogP contribution in [-0.2, 0) is 4.79 Å². The third kappa shape index (κ3) is 4.77. The Balaban J connectivity index is 1.83. The van der Waals surface area contributed by atoms with Gasteiger partial charge in [0.05, 0.1) is 0 Å². The fraction of sp³-hybridized carbons (Fsp3) is 0.375. The van der Waals surface area contributed by atoms with E-state index in [1.54, 1.807) is 12.1 Å². The Morgan fingerprint density at radius 3 is 2.55 bits per heavy atom. The number of amides is 2. The molecular formula is C16H18N2O2. The van der Waals surface area contributed by atoms with Crippen LogP contribution in [0.1, 0.15) is 42.1 Å². The maximum atomic E-state index is 11.8. The highest BCUT2D eigenvalue weighted by atomic mass is 16.2. The molecule has 0 atom stereocenters. The zero-order valence-electron chi connectivity index (χ0n) is 11.5. The molecule has 4 nitrogen and oxygen atoms in total. The van der Waals surface area contributed by atoms with Crippen LogP contribution in [0.5, 0.6) is 0 Å². The lowest BCUT2D eigenvalue weighted by atomic mass is 10.1. The van der Waals surface area contributed by atoms with Gasteiger partial charge in [0.1, 0.15) is 0 Å². The highest BCUT2D eigenvalue weighted by molar-refractivity contribution is 5.94. The van der Waals surface area contributed by atoms with E-state index in [1.165, 1.54) is 6.92 Å². The smallest absolute Gasteiger partial charge is 0.251 e. The van der Waals surface area contributed by atoms with Crippen LogP contribution < -0.4 is 10.6 Å². The average molecular weight is 270 g/mol. The first-order valence-corrected chi connectivity index (χ1v) is 6.79. The Kier molecular flexibility index (Phi) is 4.78. The van der Waals surface area contributed by atoms with Crippen LogP contribution in [0.25, 0.3) is 0 Å². The molecule has 0 aliphatic heterocycles. The zero-order chi connectivity index (χ0) is 14.4. The van der Waals surface area contributed by atoms with Crippen molar-refractivity contribution in [3.8, 4) is 11.8 Å². The summed E-state index contributed by atoms with van der Waals surface area (Å²) >= 11 is 0. The Labute approximate surface area is 118 Å². The number of carbonyl (C=O) groups excluding carboxylic acids is 2. The molecule has 0 radical (unpaired) electrons. The van der Waals surface area contributed by atoms with Gasteiger partial charge in [-0.05, 0) is 37.1 Å². The van der Waals surface area contributed by atoms with Gasteiger partial charge >= 0.3 is 0 Å². The summed E-state index contributed by atoms with van der Waals surface area (Å²) in [6.45, 7) is 2.04. The molecule has 1 aromatic carbocycles. The van der Waals surface area contributed by atoms with E-state index in [0.717, 1.165) is 18.4 Å². The summed E-state index contributed by atoms with van der Waals surface area (Å²) in [4.78, 5) is 22.4. The van der Waals surface area contributed by atoms with Gasteiger partial charge in [0.15, 0.2) is 0 Å². The van der Waals surface area contributed by atoms with Crippen molar-refractivity contribution >= 4 is 11.8 Å². The van der Waals surface area contributed by atoms with E-state index in [4.69, 9.17) is 0 Å². The van der Waals surface area contributed by atoms with Crippen molar-refractivity contribution in [2.24, 2.45) is 0 Å². The maximum Gasteiger partial charge on any atom is 0.251 e. The van der Waals surface area contributed by atoms with Crippen LogP contribution in [0.15, 0.2) is 24.3 Å². The molecule has 1 aromatic rings. The molecule has 1 aliphatic carbocycles. The standard InChI is InChI=1S/C16H18N2O2/c1-12(19)17-11-3-2-4-13-5-7-14(8-6-13)16(20)18-15-9-10-15/h5-8,15H,3,9-11H2,1H3,(H,17,19)(H,18,20). The molecule has 0 aromatic heterocycles. The first-order chi connectivity index (χ1) is 9.65. The highest BCUT2D eigenvalue weighted by Gasteiger charge is 2.23. The Morgan fingerprint density at radius 2 is 1.95 bits per heavy atom. The molecule has 0 unspecified atom stereocenters. The van der Waals surface area contributed by atoms with Crippen LogP contribution in [0.2, 0.25) is 0 Å². The summed E-state index contributed by atoms with van der Waals surface area (Å²) in [7, 11) is 0. The van der Waals surface area contributed by atoms with Crippen LogP contribution >= 0.6 is 0 Å². The number of carbonyl (C=O) groups is 2. The van der Waals surface area contributed by atoms with E-state index in [2.05, 4.69) is 22.5 Å². The minimum atomic E-state index is -0.0437. The third-order valence-corrected chi connectivity index (χ3v) is 2.92. The minimum Gasteiger partial charge on any atom is -0.355 e. The van der Waals surface area contributed by atoms with Crippen molar-refractivity contribution in [1.82, 2.24) is 10.6 Å². The summed E-state index contributed by atoms with van der Waals surface area (Å²) in [6, 6.07) is 7.63. The molecule has 0 bridgehead atoms. The van der Waals surface area contributed by atoms with Crippen molar-refractivity contribution in [1.29, 1.82) is 0 Å². The molecule has 1 aliphatic rings. The first-order valence-electron chi connectivity index (χ1n) is 6.79. The molecule has 0 spiro atoms. The summed E-state index contributed by atoms with van der Waals surface area (Å²) in [5.74, 6) is 5.93. The van der Waals surface area contributed by atoms with E-state index in [9.17, 15) is 9.59 Å². The molecule has 1 saturated carbocycles. The molecule has 0 heterocycles. The molecule has 2 amide bonds. The zero-order valence-corrected chi connectivity index (χ0v) is 11.5. The first kappa shape index (κ1) is 14.1. The second-order valence-electron chi connectivity index (χ2n) is 4.86. The number of rotatable bonds is 4. The van der Waals surface area contributed by atoms with Gasteiger partial charge < -0.3 is 10.6 Å². The van der Waals surface area contributed by atoms with Crippen LogP contribution in [0, 0.1) is 11.8 Å². The van der Waals surface area contributed by atoms with Crippen molar-refractivity contribution in [2.75, 3.05) is 6.54 Å².